The van der Waals surface area contributed by atoms with Gasteiger partial charge in [-0.15, -0.1) is 0 Å². The van der Waals surface area contributed by atoms with Gasteiger partial charge in [-0.05, 0) is 18.6 Å². The third kappa shape index (κ3) is 1.65. The Kier molecular flexibility index (Phi) is 2.59. The molecule has 0 unspecified atom stereocenters. The molecular formula is C7H9NOS. The summed E-state index contributed by atoms with van der Waals surface area (Å²) in [5, 5.41) is 5.12. The Morgan fingerprint density at radius 3 is 2.70 bits per heavy atom. The molecule has 1 aromatic rings. The van der Waals surface area contributed by atoms with Crippen molar-refractivity contribution in [2.24, 2.45) is 5.14 Å². The van der Waals surface area contributed by atoms with Gasteiger partial charge in [0.25, 0.3) is 0 Å². The molecule has 2 N–H and O–H groups in total. The van der Waals surface area contributed by atoms with Gasteiger partial charge in [0.15, 0.2) is 0 Å². The molecule has 0 fully saturated rings. The summed E-state index contributed by atoms with van der Waals surface area (Å²) < 4.78 is 5.03. The van der Waals surface area contributed by atoms with E-state index < -0.39 is 0 Å². The molecule has 10 heavy (non-hydrogen) atoms. The zero-order valence-electron chi connectivity index (χ0n) is 5.70. The summed E-state index contributed by atoms with van der Waals surface area (Å²) in [4.78, 5) is 0. The fourth-order valence-corrected chi connectivity index (χ4v) is 0.992. The van der Waals surface area contributed by atoms with Crippen LogP contribution in [-0.4, -0.2) is 0 Å². The molecule has 0 atom stereocenters. The summed E-state index contributed by atoms with van der Waals surface area (Å²) in [5.74, 6) is 0.829. The fourth-order valence-electron chi connectivity index (χ4n) is 0.702. The minimum Gasteiger partial charge on any atom is -0.410 e. The largest absolute Gasteiger partial charge is 0.410 e. The monoisotopic (exact) mass is 155 g/mol. The van der Waals surface area contributed by atoms with Crippen LogP contribution in [0.5, 0.6) is 5.75 Å². The molecular weight excluding hydrogens is 146 g/mol. The molecule has 1 rings (SSSR count). The average molecular weight is 155 g/mol. The van der Waals surface area contributed by atoms with Gasteiger partial charge in [0.2, 0.25) is 0 Å². The van der Waals surface area contributed by atoms with Crippen LogP contribution in [0.15, 0.2) is 24.3 Å². The van der Waals surface area contributed by atoms with E-state index in [4.69, 9.17) is 9.32 Å². The van der Waals surface area contributed by atoms with Crippen LogP contribution in [0.4, 0.5) is 0 Å². The van der Waals surface area contributed by atoms with Crippen molar-refractivity contribution in [1.29, 1.82) is 0 Å². The van der Waals surface area contributed by atoms with E-state index >= 15 is 0 Å². The standard InChI is InChI=1S/C7H9NOS/c1-6-4-2-3-5-7(6)9-10-8/h2-5H,8H2,1H3. The molecule has 0 saturated carbocycles. The van der Waals surface area contributed by atoms with E-state index in [-0.39, 0.29) is 0 Å². The number of benzene rings is 1. The van der Waals surface area contributed by atoms with E-state index in [1.54, 1.807) is 0 Å². The molecule has 0 aromatic heterocycles. The molecule has 0 heterocycles. The second kappa shape index (κ2) is 3.49. The number of para-hydroxylation sites is 1. The van der Waals surface area contributed by atoms with Crippen LogP contribution in [0.25, 0.3) is 0 Å². The maximum absolute atomic E-state index is 5.12. The zero-order valence-corrected chi connectivity index (χ0v) is 6.52. The van der Waals surface area contributed by atoms with Crippen LogP contribution in [0.2, 0.25) is 0 Å². The van der Waals surface area contributed by atoms with Crippen molar-refractivity contribution < 1.29 is 4.18 Å². The maximum atomic E-state index is 5.12. The van der Waals surface area contributed by atoms with Crippen LogP contribution in [0.3, 0.4) is 0 Å². The van der Waals surface area contributed by atoms with Gasteiger partial charge < -0.3 is 4.18 Å². The van der Waals surface area contributed by atoms with Crippen LogP contribution in [0.1, 0.15) is 5.56 Å². The second-order valence-electron chi connectivity index (χ2n) is 1.95. The summed E-state index contributed by atoms with van der Waals surface area (Å²) in [5.41, 5.74) is 1.10. The number of nitrogens with two attached hydrogens (primary N) is 1. The Bertz CT molecular complexity index is 215. The summed E-state index contributed by atoms with van der Waals surface area (Å²) in [6, 6.07) is 7.74. The predicted octanol–water partition coefficient (Wildman–Crippen LogP) is 1.90. The van der Waals surface area contributed by atoms with Gasteiger partial charge >= 0.3 is 0 Å². The highest BCUT2D eigenvalue weighted by atomic mass is 32.2. The highest BCUT2D eigenvalue weighted by molar-refractivity contribution is 7.92. The minimum absolute atomic E-state index is 0.829. The summed E-state index contributed by atoms with van der Waals surface area (Å²) in [6.45, 7) is 1.98. The van der Waals surface area contributed by atoms with Gasteiger partial charge in [0, 0.05) is 0 Å². The lowest BCUT2D eigenvalue weighted by molar-refractivity contribution is 0.641. The van der Waals surface area contributed by atoms with Crippen LogP contribution >= 0.6 is 12.2 Å². The average Bonchev–Trinajstić information content (AvgIpc) is 1.94. The first-order chi connectivity index (χ1) is 4.84. The maximum Gasteiger partial charge on any atom is 0.142 e. The lowest BCUT2D eigenvalue weighted by Gasteiger charge is -2.01. The van der Waals surface area contributed by atoms with E-state index in [0.717, 1.165) is 23.5 Å². The quantitative estimate of drug-likeness (QED) is 0.523. The number of aryl methyl sites for hydroxylation is 1. The van der Waals surface area contributed by atoms with E-state index in [0.29, 0.717) is 0 Å². The molecule has 0 amide bonds. The van der Waals surface area contributed by atoms with Crippen LogP contribution < -0.4 is 9.32 Å². The van der Waals surface area contributed by atoms with Crippen molar-refractivity contribution in [2.75, 3.05) is 0 Å². The second-order valence-corrected chi connectivity index (χ2v) is 2.30. The van der Waals surface area contributed by atoms with Gasteiger partial charge in [-0.2, -0.15) is 0 Å². The predicted molar refractivity (Wildman–Crippen MR) is 43.6 cm³/mol. The molecule has 1 aromatic carbocycles. The Hall–Kier alpha value is -0.670. The van der Waals surface area contributed by atoms with Crippen molar-refractivity contribution in [3.8, 4) is 5.75 Å². The van der Waals surface area contributed by atoms with Gasteiger partial charge in [0.05, 0.1) is 0 Å². The smallest absolute Gasteiger partial charge is 0.142 e. The zero-order chi connectivity index (χ0) is 7.40. The highest BCUT2D eigenvalue weighted by Gasteiger charge is 1.94. The summed E-state index contributed by atoms with van der Waals surface area (Å²) in [7, 11) is 0. The Morgan fingerprint density at radius 1 is 1.40 bits per heavy atom. The SMILES string of the molecule is Cc1ccccc1OSN. The highest BCUT2D eigenvalue weighted by Crippen LogP contribution is 2.18. The lowest BCUT2D eigenvalue weighted by Crippen LogP contribution is -1.88. The normalized spacial score (nSPS) is 9.40. The van der Waals surface area contributed by atoms with Gasteiger partial charge in [-0.3, -0.25) is 0 Å². The molecule has 0 spiro atoms. The van der Waals surface area contributed by atoms with Gasteiger partial charge in [-0.25, -0.2) is 5.14 Å². The van der Waals surface area contributed by atoms with E-state index in [2.05, 4.69) is 0 Å². The Balaban J connectivity index is 2.81. The van der Waals surface area contributed by atoms with E-state index in [1.165, 1.54) is 0 Å². The van der Waals surface area contributed by atoms with E-state index in [9.17, 15) is 0 Å². The topological polar surface area (TPSA) is 35.2 Å². The first kappa shape index (κ1) is 7.44. The third-order valence-corrected chi connectivity index (χ3v) is 1.51. The molecule has 0 aliphatic rings. The van der Waals surface area contributed by atoms with Gasteiger partial charge in [-0.1, -0.05) is 18.2 Å². The van der Waals surface area contributed by atoms with Crippen molar-refractivity contribution in [2.45, 2.75) is 6.92 Å². The molecule has 2 nitrogen and oxygen atoms in total. The third-order valence-electron chi connectivity index (χ3n) is 1.23. The minimum atomic E-state index is 0.829. The van der Waals surface area contributed by atoms with Crippen molar-refractivity contribution in [1.82, 2.24) is 0 Å². The van der Waals surface area contributed by atoms with Crippen molar-refractivity contribution in [3.05, 3.63) is 29.8 Å². The molecule has 0 saturated heterocycles. The Morgan fingerprint density at radius 2 is 2.10 bits per heavy atom. The molecule has 54 valence electrons. The van der Waals surface area contributed by atoms with Crippen molar-refractivity contribution >= 4 is 12.2 Å². The van der Waals surface area contributed by atoms with Crippen LogP contribution in [-0.2, 0) is 0 Å². The fraction of sp³-hybridized carbons (Fsp3) is 0.143. The molecule has 0 aliphatic carbocycles. The first-order valence-corrected chi connectivity index (χ1v) is 3.74. The summed E-state index contributed by atoms with van der Waals surface area (Å²) >= 11 is 0.869. The molecule has 3 heteroatoms. The first-order valence-electron chi connectivity index (χ1n) is 2.93. The molecule has 0 bridgehead atoms. The Labute approximate surface area is 64.7 Å². The lowest BCUT2D eigenvalue weighted by atomic mass is 10.2. The van der Waals surface area contributed by atoms with Gasteiger partial charge in [0.1, 0.15) is 18.0 Å². The number of hydrogen-bond donors (Lipinski definition) is 1. The molecule has 0 aliphatic heterocycles. The molecule has 0 radical (unpaired) electrons. The van der Waals surface area contributed by atoms with Crippen molar-refractivity contribution in [3.63, 3.8) is 0 Å². The number of hydrogen-bond acceptors (Lipinski definition) is 3. The van der Waals surface area contributed by atoms with Crippen LogP contribution in [0, 0.1) is 6.92 Å². The summed E-state index contributed by atoms with van der Waals surface area (Å²) in [6.07, 6.45) is 0. The van der Waals surface area contributed by atoms with E-state index in [1.807, 2.05) is 31.2 Å². The number of rotatable bonds is 2.